The van der Waals surface area contributed by atoms with Gasteiger partial charge in [0, 0.05) is 45.8 Å². The van der Waals surface area contributed by atoms with Gasteiger partial charge < -0.3 is 25.1 Å². The monoisotopic (exact) mass is 885 g/mol. The number of pyridine rings is 2. The van der Waals surface area contributed by atoms with E-state index in [4.69, 9.17) is 0 Å². The van der Waals surface area contributed by atoms with E-state index in [1.165, 1.54) is 24.3 Å². The second-order valence-electron chi connectivity index (χ2n) is 14.1. The number of nitrogens with one attached hydrogen (secondary N) is 3. The molecule has 0 radical (unpaired) electrons. The molecule has 0 unspecified atom stereocenters. The molecule has 0 saturated heterocycles. The van der Waals surface area contributed by atoms with Gasteiger partial charge in [0.2, 0.25) is 0 Å². The Morgan fingerprint density at radius 3 is 1.16 bits per heavy atom. The van der Waals surface area contributed by atoms with E-state index in [2.05, 4.69) is 16.0 Å². The molecule has 0 bridgehead atoms. The fourth-order valence-corrected chi connectivity index (χ4v) is 6.60. The first-order valence-corrected chi connectivity index (χ1v) is 21.9. The van der Waals surface area contributed by atoms with Gasteiger partial charge in [-0.1, -0.05) is 47.5 Å². The fraction of sp³-hybridized carbons (Fsp3) is 0.0851. The predicted octanol–water partition coefficient (Wildman–Crippen LogP) is 6.56. The first kappa shape index (κ1) is 46.7. The highest BCUT2D eigenvalue weighted by atomic mass is 32.2. The van der Waals surface area contributed by atoms with Crippen molar-refractivity contribution in [3.05, 3.63) is 198 Å². The summed E-state index contributed by atoms with van der Waals surface area (Å²) in [6.07, 6.45) is 7.69. The molecule has 3 N–H and O–H groups in total. The van der Waals surface area contributed by atoms with Crippen molar-refractivity contribution in [1.29, 1.82) is 0 Å². The van der Waals surface area contributed by atoms with Crippen LogP contribution in [0.5, 0.6) is 0 Å². The van der Waals surface area contributed by atoms with Gasteiger partial charge in [-0.15, -0.1) is 0 Å². The number of rotatable bonds is 9. The van der Waals surface area contributed by atoms with E-state index >= 15 is 0 Å². The largest absolute Gasteiger partial charge is 0.744 e. The number of amides is 3. The Labute approximate surface area is 366 Å². The molecule has 0 aliphatic heterocycles. The van der Waals surface area contributed by atoms with Gasteiger partial charge in [0.05, 0.1) is 9.79 Å². The SMILES string of the molecule is C[n+]1cccc(NC(=O)c2ccc(NC(=O)c3ccc(C(=O)Nc4ccc(-c5ccc[n+](C)c5)cc4)cc3)cc2)c1.Cc1ccc(S(=O)(=O)[O-])cc1.Cc1ccc(S(=O)(=O)[O-])cc1. The third-order valence-corrected chi connectivity index (χ3v) is 10.7. The molecule has 0 aliphatic rings. The van der Waals surface area contributed by atoms with Gasteiger partial charge in [0.1, 0.15) is 40.0 Å². The molecule has 2 aromatic heterocycles. The Kier molecular flexibility index (Phi) is 15.5. The van der Waals surface area contributed by atoms with E-state index in [0.29, 0.717) is 33.8 Å². The quantitative estimate of drug-likeness (QED) is 0.106. The van der Waals surface area contributed by atoms with E-state index in [0.717, 1.165) is 22.3 Å². The van der Waals surface area contributed by atoms with Crippen molar-refractivity contribution in [3.8, 4) is 11.1 Å². The molecule has 3 amide bonds. The van der Waals surface area contributed by atoms with Crippen molar-refractivity contribution in [2.24, 2.45) is 14.1 Å². The van der Waals surface area contributed by atoms with Crippen molar-refractivity contribution < 1.29 is 49.5 Å². The van der Waals surface area contributed by atoms with Gasteiger partial charge in [0.25, 0.3) is 17.7 Å². The summed E-state index contributed by atoms with van der Waals surface area (Å²) in [5.41, 5.74) is 7.20. The molecule has 322 valence electrons. The van der Waals surface area contributed by atoms with Crippen LogP contribution in [0.2, 0.25) is 0 Å². The van der Waals surface area contributed by atoms with Crippen LogP contribution in [0.3, 0.4) is 0 Å². The van der Waals surface area contributed by atoms with Crippen molar-refractivity contribution >= 4 is 55.0 Å². The van der Waals surface area contributed by atoms with Gasteiger partial charge in [-0.3, -0.25) is 14.4 Å². The maximum absolute atomic E-state index is 12.8. The van der Waals surface area contributed by atoms with E-state index < -0.39 is 20.2 Å². The van der Waals surface area contributed by atoms with Crippen LogP contribution in [0.25, 0.3) is 11.1 Å². The number of benzene rings is 5. The number of aryl methyl sites for hydroxylation is 4. The normalized spacial score (nSPS) is 10.8. The van der Waals surface area contributed by atoms with Gasteiger partial charge in [-0.25, -0.2) is 26.0 Å². The number of carbonyl (C=O) groups is 3. The predicted molar refractivity (Wildman–Crippen MR) is 236 cm³/mol. The van der Waals surface area contributed by atoms with Crippen LogP contribution in [0.4, 0.5) is 17.1 Å². The summed E-state index contributed by atoms with van der Waals surface area (Å²) >= 11 is 0. The minimum Gasteiger partial charge on any atom is -0.744 e. The van der Waals surface area contributed by atoms with Crippen molar-refractivity contribution in [3.63, 3.8) is 0 Å². The number of anilines is 3. The highest BCUT2D eigenvalue weighted by Crippen LogP contribution is 2.21. The molecular weight excluding hydrogens is 843 g/mol. The van der Waals surface area contributed by atoms with E-state index in [1.54, 1.807) is 72.8 Å². The van der Waals surface area contributed by atoms with Gasteiger partial charge in [-0.05, 0) is 116 Å². The summed E-state index contributed by atoms with van der Waals surface area (Å²) in [5, 5.41) is 8.55. The second-order valence-corrected chi connectivity index (χ2v) is 16.9. The molecule has 5 aromatic carbocycles. The Morgan fingerprint density at radius 2 is 0.778 bits per heavy atom. The molecule has 63 heavy (non-hydrogen) atoms. The smallest absolute Gasteiger partial charge is 0.255 e. The Balaban J connectivity index is 0.000000276. The topological polar surface area (TPSA) is 209 Å². The minimum absolute atomic E-state index is 0.178. The van der Waals surface area contributed by atoms with Crippen LogP contribution in [0.15, 0.2) is 180 Å². The number of nitrogens with zero attached hydrogens (tertiary/aromatic N) is 2. The average Bonchev–Trinajstić information content (AvgIpc) is 3.24. The van der Waals surface area contributed by atoms with Crippen LogP contribution in [-0.2, 0) is 34.3 Å². The standard InChI is InChI=1S/C33H27N5O3.2C7H8O3S/c1-37-19-3-5-27(21-37)23-11-15-28(16-12-23)34-31(39)24-7-9-25(10-8-24)32(40)35-29-17-13-26(14-18-29)33(41)36-30-6-4-20-38(2)22-30;2*1-6-2-4-7(5-3-6)11(8,9)10/h3-22H,1-2H3,(H-2,34,35,36,39,40,41);2*2-5H,1H3,(H,8,9,10). The summed E-state index contributed by atoms with van der Waals surface area (Å²) < 4.78 is 66.2. The van der Waals surface area contributed by atoms with Crippen LogP contribution >= 0.6 is 0 Å². The number of hydrogen-bond donors (Lipinski definition) is 3. The fourth-order valence-electron chi connectivity index (χ4n) is 5.66. The third-order valence-electron chi connectivity index (χ3n) is 9.05. The summed E-state index contributed by atoms with van der Waals surface area (Å²) in [7, 11) is -4.69. The molecular formula is C47H43N5O9S2. The van der Waals surface area contributed by atoms with E-state index in [1.807, 2.05) is 110 Å². The zero-order valence-electron chi connectivity index (χ0n) is 34.6. The molecule has 0 atom stereocenters. The molecule has 0 saturated carbocycles. The number of hydrogen-bond acceptors (Lipinski definition) is 9. The molecule has 0 spiro atoms. The lowest BCUT2D eigenvalue weighted by Gasteiger charge is -2.09. The Morgan fingerprint density at radius 1 is 0.429 bits per heavy atom. The van der Waals surface area contributed by atoms with Crippen molar-refractivity contribution in [2.45, 2.75) is 23.6 Å². The zero-order valence-corrected chi connectivity index (χ0v) is 36.2. The van der Waals surface area contributed by atoms with Gasteiger partial charge >= 0.3 is 0 Å². The second kappa shape index (κ2) is 20.9. The highest BCUT2D eigenvalue weighted by molar-refractivity contribution is 7.86. The average molecular weight is 886 g/mol. The summed E-state index contributed by atoms with van der Waals surface area (Å²) in [4.78, 5) is 37.7. The minimum atomic E-state index is -4.27. The number of aromatic nitrogens is 2. The molecule has 14 nitrogen and oxygen atoms in total. The molecule has 0 aliphatic carbocycles. The van der Waals surface area contributed by atoms with Crippen molar-refractivity contribution in [1.82, 2.24) is 0 Å². The van der Waals surface area contributed by atoms with Crippen LogP contribution in [-0.4, -0.2) is 43.7 Å². The summed E-state index contributed by atoms with van der Waals surface area (Å²) in [6.45, 7) is 3.64. The molecule has 7 rings (SSSR count). The number of carbonyl (C=O) groups excluding carboxylic acids is 3. The van der Waals surface area contributed by atoms with Crippen molar-refractivity contribution in [2.75, 3.05) is 16.0 Å². The van der Waals surface area contributed by atoms with Crippen LogP contribution in [0, 0.1) is 13.8 Å². The van der Waals surface area contributed by atoms with Gasteiger partial charge in [0.15, 0.2) is 24.8 Å². The van der Waals surface area contributed by atoms with Gasteiger partial charge in [-0.2, -0.15) is 0 Å². The van der Waals surface area contributed by atoms with Crippen LogP contribution in [0.1, 0.15) is 42.2 Å². The summed E-state index contributed by atoms with van der Waals surface area (Å²) in [5.74, 6) is -0.839. The molecule has 7 aromatic rings. The highest BCUT2D eigenvalue weighted by Gasteiger charge is 2.12. The Bertz CT molecular complexity index is 2850. The maximum Gasteiger partial charge on any atom is 0.255 e. The maximum atomic E-state index is 12.8. The lowest BCUT2D eigenvalue weighted by Crippen LogP contribution is -2.27. The first-order chi connectivity index (χ1) is 29.8. The Hall–Kier alpha value is -7.37. The van der Waals surface area contributed by atoms with Crippen LogP contribution < -0.4 is 25.1 Å². The molecule has 2 heterocycles. The van der Waals surface area contributed by atoms with E-state index in [-0.39, 0.29) is 27.5 Å². The molecule has 0 fully saturated rings. The lowest BCUT2D eigenvalue weighted by molar-refractivity contribution is -0.671. The zero-order chi connectivity index (χ0) is 45.7. The molecule has 16 heteroatoms. The lowest BCUT2D eigenvalue weighted by atomic mass is 10.1. The van der Waals surface area contributed by atoms with E-state index in [9.17, 15) is 40.3 Å². The third kappa shape index (κ3) is 14.4. The first-order valence-electron chi connectivity index (χ1n) is 19.0. The summed E-state index contributed by atoms with van der Waals surface area (Å²) in [6, 6.07) is 39.9.